The molecule has 0 amide bonds. The van der Waals surface area contributed by atoms with E-state index in [1.54, 1.807) is 0 Å². The first-order chi connectivity index (χ1) is 25.2. The number of fused-ring (bicyclic) bond motifs is 5. The molecule has 10 rings (SSSR count). The van der Waals surface area contributed by atoms with Crippen molar-refractivity contribution in [3.05, 3.63) is 132 Å². The van der Waals surface area contributed by atoms with Crippen LogP contribution in [0.5, 0.6) is 0 Å². The molecule has 2 saturated heterocycles. The molecule has 2 fully saturated rings. The Morgan fingerprint density at radius 1 is 0.412 bits per heavy atom. The summed E-state index contributed by atoms with van der Waals surface area (Å²) in [5.74, 6) is 0. The Hall–Kier alpha value is -5.28. The van der Waals surface area contributed by atoms with Gasteiger partial charge < -0.3 is 14.7 Å². The highest BCUT2D eigenvalue weighted by atomic mass is 15.1. The van der Waals surface area contributed by atoms with Crippen molar-refractivity contribution in [3.8, 4) is 22.3 Å². The number of nitrogens with zero attached hydrogens (tertiary/aromatic N) is 3. The zero-order valence-electron chi connectivity index (χ0n) is 29.7. The van der Waals surface area contributed by atoms with E-state index in [0.717, 1.165) is 32.6 Å². The standard InChI is InChI=1S/C48H45N3/c1-49-45-15-7-6-14-35(45)29-36-17-19-38(30-46(36)49)48-42-23-21-39(50-24-8-2-9-25-50)31-43(42)47(37-18-16-33-12-4-5-13-34(33)28-37)41-22-20-40(32-44(41)48)51-26-10-3-11-27-51/h4-7,12-23,28,30-32H,2-3,8-11,24-27,29H2,1H3. The molecule has 0 spiro atoms. The van der Waals surface area contributed by atoms with Gasteiger partial charge in [-0.3, -0.25) is 0 Å². The zero-order valence-corrected chi connectivity index (χ0v) is 29.7. The fourth-order valence-electron chi connectivity index (χ4n) is 9.37. The summed E-state index contributed by atoms with van der Waals surface area (Å²) in [7, 11) is 2.24. The molecule has 7 aromatic carbocycles. The molecule has 3 aliphatic rings. The van der Waals surface area contributed by atoms with Crippen molar-refractivity contribution in [3.63, 3.8) is 0 Å². The van der Waals surface area contributed by atoms with Crippen LogP contribution in [0.4, 0.5) is 22.7 Å². The van der Waals surface area contributed by atoms with Crippen molar-refractivity contribution < 1.29 is 0 Å². The quantitative estimate of drug-likeness (QED) is 0.174. The minimum absolute atomic E-state index is 0.969. The maximum absolute atomic E-state index is 2.61. The molecule has 3 heterocycles. The SMILES string of the molecule is CN1c2ccccc2Cc2ccc(-c3c4ccc(N5CCCCC5)cc4c(-c4ccc5ccccc5c4)c4ccc(N5CCCCC5)cc34)cc21. The molecule has 0 N–H and O–H groups in total. The van der Waals surface area contributed by atoms with Gasteiger partial charge in [0.25, 0.3) is 0 Å². The summed E-state index contributed by atoms with van der Waals surface area (Å²) in [5, 5.41) is 7.93. The number of rotatable bonds is 4. The average molecular weight is 664 g/mol. The van der Waals surface area contributed by atoms with Crippen LogP contribution in [-0.2, 0) is 6.42 Å². The summed E-state index contributed by atoms with van der Waals surface area (Å²) >= 11 is 0. The van der Waals surface area contributed by atoms with Gasteiger partial charge in [0.2, 0.25) is 0 Å². The van der Waals surface area contributed by atoms with Gasteiger partial charge >= 0.3 is 0 Å². The highest BCUT2D eigenvalue weighted by Crippen LogP contribution is 2.48. The van der Waals surface area contributed by atoms with E-state index in [-0.39, 0.29) is 0 Å². The zero-order chi connectivity index (χ0) is 33.9. The smallest absolute Gasteiger partial charge is 0.0450 e. The largest absolute Gasteiger partial charge is 0.372 e. The third-order valence-electron chi connectivity index (χ3n) is 12.0. The van der Waals surface area contributed by atoms with E-state index >= 15 is 0 Å². The molecule has 3 aliphatic heterocycles. The Morgan fingerprint density at radius 2 is 0.961 bits per heavy atom. The van der Waals surface area contributed by atoms with Gasteiger partial charge in [0.15, 0.2) is 0 Å². The second-order valence-electron chi connectivity index (χ2n) is 15.1. The number of anilines is 4. The van der Waals surface area contributed by atoms with Gasteiger partial charge in [-0.05, 0) is 147 Å². The highest BCUT2D eigenvalue weighted by Gasteiger charge is 2.24. The van der Waals surface area contributed by atoms with Crippen molar-refractivity contribution in [1.82, 2.24) is 0 Å². The summed E-state index contributed by atoms with van der Waals surface area (Å²) in [6.07, 6.45) is 8.70. The van der Waals surface area contributed by atoms with Crippen LogP contribution in [0.3, 0.4) is 0 Å². The van der Waals surface area contributed by atoms with Crippen LogP contribution in [0, 0.1) is 0 Å². The maximum atomic E-state index is 2.61. The topological polar surface area (TPSA) is 9.72 Å². The van der Waals surface area contributed by atoms with E-state index in [1.807, 2.05) is 0 Å². The summed E-state index contributed by atoms with van der Waals surface area (Å²) in [6.45, 7) is 4.53. The third kappa shape index (κ3) is 5.25. The third-order valence-corrected chi connectivity index (χ3v) is 12.0. The summed E-state index contributed by atoms with van der Waals surface area (Å²) in [5.41, 5.74) is 13.4. The van der Waals surface area contributed by atoms with Crippen LogP contribution in [0.1, 0.15) is 49.7 Å². The second kappa shape index (κ2) is 12.5. The van der Waals surface area contributed by atoms with E-state index in [9.17, 15) is 0 Å². The van der Waals surface area contributed by atoms with Gasteiger partial charge in [-0.25, -0.2) is 0 Å². The molecule has 0 unspecified atom stereocenters. The van der Waals surface area contributed by atoms with Gasteiger partial charge in [0, 0.05) is 62.4 Å². The highest BCUT2D eigenvalue weighted by molar-refractivity contribution is 6.23. The van der Waals surface area contributed by atoms with E-state index in [0.29, 0.717) is 0 Å². The first kappa shape index (κ1) is 30.5. The summed E-state index contributed by atoms with van der Waals surface area (Å²) < 4.78 is 0. The van der Waals surface area contributed by atoms with Crippen molar-refractivity contribution in [2.75, 3.05) is 47.9 Å². The molecule has 3 heteroatoms. The van der Waals surface area contributed by atoms with Crippen LogP contribution >= 0.6 is 0 Å². The molecule has 0 atom stereocenters. The number of piperidine rings is 2. The lowest BCUT2D eigenvalue weighted by Crippen LogP contribution is -2.29. The normalized spacial score (nSPS) is 16.1. The van der Waals surface area contributed by atoms with Crippen molar-refractivity contribution in [1.29, 1.82) is 0 Å². The predicted molar refractivity (Wildman–Crippen MR) is 219 cm³/mol. The average Bonchev–Trinajstić information content (AvgIpc) is 3.20. The van der Waals surface area contributed by atoms with Crippen LogP contribution in [0.15, 0.2) is 121 Å². The Bertz CT molecular complexity index is 2450. The summed E-state index contributed by atoms with van der Waals surface area (Å²) in [6, 6.07) is 46.8. The molecule has 0 aromatic heterocycles. The fourth-order valence-corrected chi connectivity index (χ4v) is 9.37. The van der Waals surface area contributed by atoms with Crippen molar-refractivity contribution in [2.45, 2.75) is 44.9 Å². The second-order valence-corrected chi connectivity index (χ2v) is 15.1. The van der Waals surface area contributed by atoms with Gasteiger partial charge in [-0.1, -0.05) is 78.9 Å². The van der Waals surface area contributed by atoms with Gasteiger partial charge in [-0.2, -0.15) is 0 Å². The van der Waals surface area contributed by atoms with Gasteiger partial charge in [0.1, 0.15) is 0 Å². The maximum Gasteiger partial charge on any atom is 0.0450 e. The Labute approximate surface area is 301 Å². The predicted octanol–water partition coefficient (Wildman–Crippen LogP) is 12.1. The molecular formula is C48H45N3. The number of para-hydroxylation sites is 1. The van der Waals surface area contributed by atoms with E-state index in [4.69, 9.17) is 0 Å². The lowest BCUT2D eigenvalue weighted by Gasteiger charge is -2.31. The number of benzene rings is 7. The van der Waals surface area contributed by atoms with Gasteiger partial charge in [0.05, 0.1) is 0 Å². The first-order valence-corrected chi connectivity index (χ1v) is 19.2. The minimum atomic E-state index is 0.969. The number of hydrogen-bond donors (Lipinski definition) is 0. The van der Waals surface area contributed by atoms with Crippen molar-refractivity contribution >= 4 is 55.1 Å². The van der Waals surface area contributed by atoms with Crippen molar-refractivity contribution in [2.24, 2.45) is 0 Å². The lowest BCUT2D eigenvalue weighted by atomic mass is 9.84. The monoisotopic (exact) mass is 663 g/mol. The van der Waals surface area contributed by atoms with Crippen LogP contribution in [-0.4, -0.2) is 33.2 Å². The Kier molecular flexibility index (Phi) is 7.48. The molecule has 0 radical (unpaired) electrons. The van der Waals surface area contributed by atoms with E-state index in [2.05, 4.69) is 143 Å². The van der Waals surface area contributed by atoms with Crippen LogP contribution < -0.4 is 14.7 Å². The minimum Gasteiger partial charge on any atom is -0.372 e. The Balaban J connectivity index is 1.27. The lowest BCUT2D eigenvalue weighted by molar-refractivity contribution is 0.578. The molecular weight excluding hydrogens is 619 g/mol. The molecule has 7 aromatic rings. The summed E-state index contributed by atoms with van der Waals surface area (Å²) in [4.78, 5) is 7.63. The first-order valence-electron chi connectivity index (χ1n) is 19.2. The fraction of sp³-hybridized carbons (Fsp3) is 0.250. The van der Waals surface area contributed by atoms with E-state index in [1.165, 1.54) is 127 Å². The van der Waals surface area contributed by atoms with E-state index < -0.39 is 0 Å². The number of hydrogen-bond acceptors (Lipinski definition) is 3. The molecule has 0 bridgehead atoms. The molecule has 3 nitrogen and oxygen atoms in total. The van der Waals surface area contributed by atoms with Gasteiger partial charge in [-0.15, -0.1) is 0 Å². The van der Waals surface area contributed by atoms with Crippen LogP contribution in [0.25, 0.3) is 54.6 Å². The molecule has 0 saturated carbocycles. The Morgan fingerprint density at radius 3 is 1.63 bits per heavy atom. The molecule has 252 valence electrons. The van der Waals surface area contributed by atoms with Crippen LogP contribution in [0.2, 0.25) is 0 Å². The molecule has 0 aliphatic carbocycles. The molecule has 51 heavy (non-hydrogen) atoms.